The van der Waals surface area contributed by atoms with E-state index >= 15 is 0 Å². The van der Waals surface area contributed by atoms with Gasteiger partial charge in [-0.2, -0.15) is 0 Å². The quantitative estimate of drug-likeness (QED) is 0.695. The minimum Gasteiger partial charge on any atom is -0.495 e. The van der Waals surface area contributed by atoms with Gasteiger partial charge in [0.15, 0.2) is 5.69 Å². The van der Waals surface area contributed by atoms with Crippen LogP contribution in [0.2, 0.25) is 5.02 Å². The number of nitrogens with one attached hydrogen (secondary N) is 1. The summed E-state index contributed by atoms with van der Waals surface area (Å²) in [6.07, 6.45) is 6.30. The number of rotatable bonds is 5. The average Bonchev–Trinajstić information content (AvgIpc) is 2.70. The van der Waals surface area contributed by atoms with Crippen molar-refractivity contribution in [2.75, 3.05) is 19.0 Å². The summed E-state index contributed by atoms with van der Waals surface area (Å²) in [6.45, 7) is 2.17. The molecule has 1 aromatic heterocycles. The number of aromatic nitrogens is 1. The minimum atomic E-state index is -0.319. The molecule has 1 fully saturated rings. The van der Waals surface area contributed by atoms with Crippen molar-refractivity contribution in [3.8, 4) is 5.75 Å². The summed E-state index contributed by atoms with van der Waals surface area (Å²) < 4.78 is 10.6. The Bertz CT molecular complexity index is 876. The first-order valence-electron chi connectivity index (χ1n) is 9.42. The fourth-order valence-electron chi connectivity index (χ4n) is 4.42. The van der Waals surface area contributed by atoms with E-state index in [-0.39, 0.29) is 5.97 Å². The number of methoxy groups -OCH3 is 1. The molecule has 3 aliphatic rings. The molecule has 0 radical (unpaired) electrons. The van der Waals surface area contributed by atoms with Crippen molar-refractivity contribution >= 4 is 28.9 Å². The number of esters is 1. The van der Waals surface area contributed by atoms with Gasteiger partial charge >= 0.3 is 5.97 Å². The van der Waals surface area contributed by atoms with Crippen LogP contribution in [0, 0.1) is 0 Å². The zero-order valence-corrected chi connectivity index (χ0v) is 16.3. The molecule has 0 unspecified atom stereocenters. The van der Waals surface area contributed by atoms with E-state index in [2.05, 4.69) is 10.3 Å². The van der Waals surface area contributed by atoms with Gasteiger partial charge < -0.3 is 14.8 Å². The number of nitrogens with zero attached hydrogens (tertiary/aromatic N) is 1. The number of carbonyl (C=O) groups excluding carboxylic acids is 1. The molecule has 0 atom stereocenters. The molecule has 142 valence electrons. The van der Waals surface area contributed by atoms with E-state index in [9.17, 15) is 4.79 Å². The summed E-state index contributed by atoms with van der Waals surface area (Å²) in [7, 11) is 1.60. The summed E-state index contributed by atoms with van der Waals surface area (Å²) in [4.78, 5) is 16.9. The standard InChI is InChI=1S/C21H23ClN2O3/c1-3-27-21(25)20-19-13-6-4-12(5-7-13)18(19)16(11-23-20)24-14-8-9-15(22)17(10-14)26-2/h8-13,24H,3-7H2,1-2H3. The maximum absolute atomic E-state index is 12.4. The van der Waals surface area contributed by atoms with Gasteiger partial charge in [-0.1, -0.05) is 11.6 Å². The van der Waals surface area contributed by atoms with E-state index in [1.165, 1.54) is 5.56 Å². The van der Waals surface area contributed by atoms with Gasteiger partial charge in [-0.3, -0.25) is 0 Å². The van der Waals surface area contributed by atoms with Gasteiger partial charge in [0.2, 0.25) is 0 Å². The highest BCUT2D eigenvalue weighted by atomic mass is 35.5. The highest BCUT2D eigenvalue weighted by molar-refractivity contribution is 6.32. The topological polar surface area (TPSA) is 60.5 Å². The Labute approximate surface area is 164 Å². The van der Waals surface area contributed by atoms with Crippen molar-refractivity contribution in [2.24, 2.45) is 0 Å². The van der Waals surface area contributed by atoms with Gasteiger partial charge in [0.1, 0.15) is 5.75 Å². The second kappa shape index (κ2) is 7.39. The third-order valence-corrected chi connectivity index (χ3v) is 5.91. The maximum atomic E-state index is 12.4. The first-order valence-corrected chi connectivity index (χ1v) is 9.80. The average molecular weight is 387 g/mol. The highest BCUT2D eigenvalue weighted by Crippen LogP contribution is 2.53. The second-order valence-corrected chi connectivity index (χ2v) is 7.50. The summed E-state index contributed by atoms with van der Waals surface area (Å²) in [5, 5.41) is 4.03. The number of ether oxygens (including phenoxy) is 2. The van der Waals surface area contributed by atoms with Crippen molar-refractivity contribution in [1.82, 2.24) is 4.98 Å². The number of fused-ring (bicyclic) bond motifs is 2. The number of pyridine rings is 1. The van der Waals surface area contributed by atoms with E-state index < -0.39 is 0 Å². The highest BCUT2D eigenvalue weighted by Gasteiger charge is 2.38. The molecule has 5 rings (SSSR count). The molecule has 1 N–H and O–H groups in total. The third-order valence-electron chi connectivity index (χ3n) is 5.60. The molecule has 2 bridgehead atoms. The maximum Gasteiger partial charge on any atom is 0.357 e. The molecule has 5 nitrogen and oxygen atoms in total. The molecule has 0 saturated heterocycles. The van der Waals surface area contributed by atoms with Gasteiger partial charge in [-0.05, 0) is 67.7 Å². The fraction of sp³-hybridized carbons (Fsp3) is 0.429. The lowest BCUT2D eigenvalue weighted by Gasteiger charge is -2.40. The lowest BCUT2D eigenvalue weighted by molar-refractivity contribution is 0.0516. The Morgan fingerprint density at radius 3 is 2.59 bits per heavy atom. The van der Waals surface area contributed by atoms with Gasteiger partial charge in [-0.25, -0.2) is 9.78 Å². The zero-order valence-electron chi connectivity index (χ0n) is 15.5. The summed E-state index contributed by atoms with van der Waals surface area (Å²) >= 11 is 6.13. The van der Waals surface area contributed by atoms with Crippen LogP contribution in [0.1, 0.15) is 66.1 Å². The van der Waals surface area contributed by atoms with Gasteiger partial charge in [-0.15, -0.1) is 0 Å². The van der Waals surface area contributed by atoms with Crippen LogP contribution in [0.3, 0.4) is 0 Å². The van der Waals surface area contributed by atoms with Gasteiger partial charge in [0, 0.05) is 11.8 Å². The smallest absolute Gasteiger partial charge is 0.357 e. The Morgan fingerprint density at radius 2 is 1.93 bits per heavy atom. The monoisotopic (exact) mass is 386 g/mol. The molecule has 27 heavy (non-hydrogen) atoms. The summed E-state index contributed by atoms with van der Waals surface area (Å²) in [6, 6.07) is 5.59. The van der Waals surface area contributed by atoms with Crippen LogP contribution in [0.5, 0.6) is 5.75 Å². The van der Waals surface area contributed by atoms with E-state index in [4.69, 9.17) is 21.1 Å². The second-order valence-electron chi connectivity index (χ2n) is 7.09. The number of carbonyl (C=O) groups is 1. The van der Waals surface area contributed by atoms with Crippen molar-refractivity contribution < 1.29 is 14.3 Å². The van der Waals surface area contributed by atoms with Crippen LogP contribution in [0.15, 0.2) is 24.4 Å². The Balaban J connectivity index is 1.76. The minimum absolute atomic E-state index is 0.319. The Morgan fingerprint density at radius 1 is 1.22 bits per heavy atom. The lowest BCUT2D eigenvalue weighted by atomic mass is 9.66. The molecule has 2 aromatic rings. The molecule has 1 saturated carbocycles. The van der Waals surface area contributed by atoms with Crippen LogP contribution < -0.4 is 10.1 Å². The first-order chi connectivity index (χ1) is 13.1. The number of benzene rings is 1. The molecule has 0 aliphatic heterocycles. The largest absolute Gasteiger partial charge is 0.495 e. The number of hydrogen-bond donors (Lipinski definition) is 1. The van der Waals surface area contributed by atoms with Crippen molar-refractivity contribution in [1.29, 1.82) is 0 Å². The van der Waals surface area contributed by atoms with Crippen LogP contribution >= 0.6 is 11.6 Å². The van der Waals surface area contributed by atoms with E-state index in [1.54, 1.807) is 13.3 Å². The van der Waals surface area contributed by atoms with Crippen LogP contribution in [0.4, 0.5) is 11.4 Å². The Hall–Kier alpha value is -2.27. The van der Waals surface area contributed by atoms with E-state index in [0.29, 0.717) is 34.9 Å². The normalized spacial score (nSPS) is 20.1. The predicted molar refractivity (Wildman–Crippen MR) is 105 cm³/mol. The van der Waals surface area contributed by atoms with Crippen molar-refractivity contribution in [3.05, 3.63) is 46.2 Å². The molecule has 0 amide bonds. The number of hydrogen-bond acceptors (Lipinski definition) is 5. The molecule has 1 aromatic carbocycles. The van der Waals surface area contributed by atoms with E-state index in [1.807, 2.05) is 25.1 Å². The zero-order chi connectivity index (χ0) is 19.0. The fourth-order valence-corrected chi connectivity index (χ4v) is 4.61. The van der Waals surface area contributed by atoms with Gasteiger partial charge in [0.25, 0.3) is 0 Å². The molecule has 6 heteroatoms. The Kier molecular flexibility index (Phi) is 4.96. The van der Waals surface area contributed by atoms with Crippen LogP contribution in [0.25, 0.3) is 0 Å². The van der Waals surface area contributed by atoms with Crippen molar-refractivity contribution in [3.63, 3.8) is 0 Å². The van der Waals surface area contributed by atoms with Gasteiger partial charge in [0.05, 0.1) is 30.6 Å². The van der Waals surface area contributed by atoms with E-state index in [0.717, 1.165) is 42.6 Å². The van der Waals surface area contributed by atoms with Crippen molar-refractivity contribution in [2.45, 2.75) is 44.4 Å². The third kappa shape index (κ3) is 3.25. The number of halogens is 1. The molecule has 1 heterocycles. The SMILES string of the molecule is CCOC(=O)c1ncc(Nc2ccc(Cl)c(OC)c2)c2c1C1CCC2CC1. The molecule has 0 spiro atoms. The predicted octanol–water partition coefficient (Wildman–Crippen LogP) is 5.42. The van der Waals surface area contributed by atoms with Crippen LogP contribution in [-0.4, -0.2) is 24.7 Å². The number of anilines is 2. The first kappa shape index (κ1) is 18.1. The lowest BCUT2D eigenvalue weighted by Crippen LogP contribution is -2.27. The van der Waals surface area contributed by atoms with Crippen LogP contribution in [-0.2, 0) is 4.74 Å². The summed E-state index contributed by atoms with van der Waals surface area (Å²) in [5.41, 5.74) is 4.63. The summed E-state index contributed by atoms with van der Waals surface area (Å²) in [5.74, 6) is 1.14. The molecule has 3 aliphatic carbocycles. The molecular weight excluding hydrogens is 364 g/mol. The molecular formula is C21H23ClN2O3.